The Labute approximate surface area is 107 Å². The summed E-state index contributed by atoms with van der Waals surface area (Å²) >= 11 is 3.29. The monoisotopic (exact) mass is 306 g/mol. The van der Waals surface area contributed by atoms with E-state index in [1.165, 1.54) is 0 Å². The molecule has 0 N–H and O–H groups in total. The minimum atomic E-state index is -0.757. The van der Waals surface area contributed by atoms with Crippen LogP contribution in [0.1, 0.15) is 25.7 Å². The van der Waals surface area contributed by atoms with Gasteiger partial charge in [-0.15, -0.1) is 0 Å². The number of alkyl halides is 1. The summed E-state index contributed by atoms with van der Waals surface area (Å²) in [6.07, 6.45) is 2.87. The Morgan fingerprint density at radius 1 is 1.12 bits per heavy atom. The molecule has 0 heterocycles. The van der Waals surface area contributed by atoms with E-state index in [0.717, 1.165) is 36.4 Å². The van der Waals surface area contributed by atoms with E-state index >= 15 is 0 Å². The molecule has 17 heavy (non-hydrogen) atoms. The van der Waals surface area contributed by atoms with Gasteiger partial charge in [0.25, 0.3) is 0 Å². The lowest BCUT2D eigenvalue weighted by Crippen LogP contribution is -2.08. The summed E-state index contributed by atoms with van der Waals surface area (Å²) < 4.78 is 30.4. The molecule has 0 unspecified atom stereocenters. The van der Waals surface area contributed by atoms with E-state index < -0.39 is 17.6 Å². The van der Waals surface area contributed by atoms with Crippen LogP contribution in [0, 0.1) is 11.6 Å². The van der Waals surface area contributed by atoms with Crippen LogP contribution < -0.4 is 4.74 Å². The highest BCUT2D eigenvalue weighted by molar-refractivity contribution is 9.09. The molecule has 0 spiro atoms. The molecule has 0 bridgehead atoms. The smallest absolute Gasteiger partial charge is 0.311 e. The maximum Gasteiger partial charge on any atom is 0.311 e. The average Bonchev–Trinajstić information content (AvgIpc) is 2.23. The van der Waals surface area contributed by atoms with Gasteiger partial charge in [-0.1, -0.05) is 22.4 Å². The molecule has 5 heteroatoms. The highest BCUT2D eigenvalue weighted by atomic mass is 79.9. The van der Waals surface area contributed by atoms with Gasteiger partial charge in [0.05, 0.1) is 0 Å². The van der Waals surface area contributed by atoms with Crippen molar-refractivity contribution in [1.29, 1.82) is 0 Å². The van der Waals surface area contributed by atoms with E-state index in [2.05, 4.69) is 15.9 Å². The molecule has 0 aliphatic heterocycles. The van der Waals surface area contributed by atoms with Crippen molar-refractivity contribution in [3.63, 3.8) is 0 Å². The molecular weight excluding hydrogens is 294 g/mol. The first kappa shape index (κ1) is 14.1. The second-order valence-corrected chi connectivity index (χ2v) is 4.37. The summed E-state index contributed by atoms with van der Waals surface area (Å²) in [5.74, 6) is -2.07. The van der Waals surface area contributed by atoms with E-state index in [1.807, 2.05) is 0 Å². The maximum atomic E-state index is 12.8. The second kappa shape index (κ2) is 7.37. The van der Waals surface area contributed by atoms with Crippen molar-refractivity contribution in [2.24, 2.45) is 0 Å². The normalized spacial score (nSPS) is 10.3. The fraction of sp³-hybridized carbons (Fsp3) is 0.417. The van der Waals surface area contributed by atoms with E-state index in [4.69, 9.17) is 4.74 Å². The van der Waals surface area contributed by atoms with Crippen LogP contribution in [0.4, 0.5) is 8.78 Å². The Morgan fingerprint density at radius 2 is 1.76 bits per heavy atom. The Balaban J connectivity index is 2.39. The Kier molecular flexibility index (Phi) is 6.11. The number of ether oxygens (including phenoxy) is 1. The zero-order valence-electron chi connectivity index (χ0n) is 9.22. The molecular formula is C12H13BrF2O2. The van der Waals surface area contributed by atoms with Crippen LogP contribution in [0.25, 0.3) is 0 Å². The Hall–Kier alpha value is -0.970. The number of carbonyl (C=O) groups is 1. The molecule has 0 saturated carbocycles. The Bertz CT molecular complexity index is 363. The fourth-order valence-corrected chi connectivity index (χ4v) is 1.71. The van der Waals surface area contributed by atoms with Crippen LogP contribution in [-0.4, -0.2) is 11.3 Å². The highest BCUT2D eigenvalue weighted by Gasteiger charge is 2.07. The molecule has 0 fully saturated rings. The van der Waals surface area contributed by atoms with Crippen molar-refractivity contribution < 1.29 is 18.3 Å². The number of rotatable bonds is 6. The number of halogens is 3. The Morgan fingerprint density at radius 3 is 2.35 bits per heavy atom. The first-order valence-corrected chi connectivity index (χ1v) is 6.46. The standard InChI is InChI=1S/C12H13BrF2O2/c13-5-3-1-2-4-12(16)17-11-7-9(14)6-10(15)8-11/h6-8H,1-5H2. The number of benzene rings is 1. The van der Waals surface area contributed by atoms with Crippen LogP contribution >= 0.6 is 15.9 Å². The minimum Gasteiger partial charge on any atom is -0.426 e. The zero-order chi connectivity index (χ0) is 12.7. The summed E-state index contributed by atoms with van der Waals surface area (Å²) in [4.78, 5) is 11.3. The molecule has 0 radical (unpaired) electrons. The van der Waals surface area contributed by atoms with Crippen molar-refractivity contribution in [2.45, 2.75) is 25.7 Å². The predicted molar refractivity (Wildman–Crippen MR) is 64.3 cm³/mol. The van der Waals surface area contributed by atoms with Gasteiger partial charge in [0.2, 0.25) is 0 Å². The van der Waals surface area contributed by atoms with Crippen molar-refractivity contribution in [3.05, 3.63) is 29.8 Å². The minimum absolute atomic E-state index is 0.0898. The largest absolute Gasteiger partial charge is 0.426 e. The van der Waals surface area contributed by atoms with Crippen LogP contribution in [0.3, 0.4) is 0 Å². The van der Waals surface area contributed by atoms with Gasteiger partial charge in [-0.3, -0.25) is 4.79 Å². The quantitative estimate of drug-likeness (QED) is 0.345. The van der Waals surface area contributed by atoms with Crippen LogP contribution in [0.15, 0.2) is 18.2 Å². The van der Waals surface area contributed by atoms with E-state index in [-0.39, 0.29) is 12.2 Å². The summed E-state index contributed by atoms with van der Waals surface area (Å²) in [6, 6.07) is 2.70. The van der Waals surface area contributed by atoms with Gasteiger partial charge >= 0.3 is 5.97 Å². The van der Waals surface area contributed by atoms with Crippen LogP contribution in [-0.2, 0) is 4.79 Å². The predicted octanol–water partition coefficient (Wildman–Crippen LogP) is 3.83. The van der Waals surface area contributed by atoms with Gasteiger partial charge in [-0.05, 0) is 12.8 Å². The fourth-order valence-electron chi connectivity index (χ4n) is 1.31. The van der Waals surface area contributed by atoms with Gasteiger partial charge in [0.15, 0.2) is 0 Å². The summed E-state index contributed by atoms with van der Waals surface area (Å²) in [7, 11) is 0. The lowest BCUT2D eigenvalue weighted by Gasteiger charge is -2.04. The topological polar surface area (TPSA) is 26.3 Å². The van der Waals surface area contributed by atoms with Crippen molar-refractivity contribution in [1.82, 2.24) is 0 Å². The molecule has 0 atom stereocenters. The van der Waals surface area contributed by atoms with Gasteiger partial charge in [0.1, 0.15) is 17.4 Å². The number of carbonyl (C=O) groups excluding carboxylic acids is 1. The third kappa shape index (κ3) is 5.77. The third-order valence-electron chi connectivity index (χ3n) is 2.08. The van der Waals surface area contributed by atoms with Crippen molar-refractivity contribution >= 4 is 21.9 Å². The lowest BCUT2D eigenvalue weighted by molar-refractivity contribution is -0.134. The first-order chi connectivity index (χ1) is 8.11. The molecule has 1 rings (SSSR count). The molecule has 0 aromatic heterocycles. The molecule has 0 saturated heterocycles. The number of hydrogen-bond acceptors (Lipinski definition) is 2. The lowest BCUT2D eigenvalue weighted by atomic mass is 10.2. The molecule has 2 nitrogen and oxygen atoms in total. The summed E-state index contributed by atoms with van der Waals surface area (Å²) in [5.41, 5.74) is 0. The van der Waals surface area contributed by atoms with Crippen LogP contribution in [0.5, 0.6) is 5.75 Å². The van der Waals surface area contributed by atoms with Gasteiger partial charge in [0, 0.05) is 30.0 Å². The summed E-state index contributed by atoms with van der Waals surface area (Å²) in [5, 5.41) is 0.900. The van der Waals surface area contributed by atoms with E-state index in [9.17, 15) is 13.6 Å². The number of esters is 1. The average molecular weight is 307 g/mol. The molecule has 0 aliphatic rings. The van der Waals surface area contributed by atoms with Gasteiger partial charge in [-0.25, -0.2) is 8.78 Å². The second-order valence-electron chi connectivity index (χ2n) is 3.58. The molecule has 0 aliphatic carbocycles. The molecule has 94 valence electrons. The third-order valence-corrected chi connectivity index (χ3v) is 2.64. The van der Waals surface area contributed by atoms with Crippen molar-refractivity contribution in [2.75, 3.05) is 5.33 Å². The highest BCUT2D eigenvalue weighted by Crippen LogP contribution is 2.16. The first-order valence-electron chi connectivity index (χ1n) is 5.34. The molecule has 1 aromatic carbocycles. The van der Waals surface area contributed by atoms with Gasteiger partial charge < -0.3 is 4.74 Å². The molecule has 1 aromatic rings. The van der Waals surface area contributed by atoms with Gasteiger partial charge in [-0.2, -0.15) is 0 Å². The SMILES string of the molecule is O=C(CCCCCBr)Oc1cc(F)cc(F)c1. The maximum absolute atomic E-state index is 12.8. The van der Waals surface area contributed by atoms with E-state index in [0.29, 0.717) is 6.42 Å². The zero-order valence-corrected chi connectivity index (χ0v) is 10.8. The van der Waals surface area contributed by atoms with Crippen LogP contribution in [0.2, 0.25) is 0 Å². The number of hydrogen-bond donors (Lipinski definition) is 0. The number of unbranched alkanes of at least 4 members (excludes halogenated alkanes) is 2. The molecule has 0 amide bonds. The van der Waals surface area contributed by atoms with Crippen molar-refractivity contribution in [3.8, 4) is 5.75 Å². The van der Waals surface area contributed by atoms with E-state index in [1.54, 1.807) is 0 Å². The summed E-state index contributed by atoms with van der Waals surface area (Å²) in [6.45, 7) is 0.